The summed E-state index contributed by atoms with van der Waals surface area (Å²) in [6, 6.07) is 1.91. The second-order valence-corrected chi connectivity index (χ2v) is 10.3. The van der Waals surface area contributed by atoms with Crippen molar-refractivity contribution in [3.63, 3.8) is 0 Å². The normalized spacial score (nSPS) is 31.2. The quantitative estimate of drug-likeness (QED) is 0.338. The fourth-order valence-corrected chi connectivity index (χ4v) is 5.68. The number of aliphatic imine (C=N–C) groups is 1. The van der Waals surface area contributed by atoms with Crippen molar-refractivity contribution in [1.29, 1.82) is 0 Å². The van der Waals surface area contributed by atoms with Gasteiger partial charge in [-0.05, 0) is 51.5 Å². The molecule has 3 rings (SSSR count). The van der Waals surface area contributed by atoms with E-state index >= 15 is 0 Å². The third-order valence-electron chi connectivity index (χ3n) is 6.50. The Morgan fingerprint density at radius 2 is 1.70 bits per heavy atom. The Hall–Kier alpha value is -0.130. The van der Waals surface area contributed by atoms with E-state index in [9.17, 15) is 8.42 Å². The lowest BCUT2D eigenvalue weighted by Gasteiger charge is -2.47. The fraction of sp³-hybridized carbons (Fsp3) is 0.944. The van der Waals surface area contributed by atoms with Gasteiger partial charge in [0.25, 0.3) is 0 Å². The van der Waals surface area contributed by atoms with Crippen molar-refractivity contribution in [3.05, 3.63) is 0 Å². The summed E-state index contributed by atoms with van der Waals surface area (Å²) in [6.07, 6.45) is 9.51. The number of fused-ring (bicyclic) bond motifs is 2. The summed E-state index contributed by atoms with van der Waals surface area (Å²) in [7, 11) is 1.07. The van der Waals surface area contributed by atoms with Gasteiger partial charge in [0, 0.05) is 44.8 Å². The first-order valence-electron chi connectivity index (χ1n) is 10.0. The number of rotatable bonds is 4. The lowest BCUT2D eigenvalue weighted by Crippen LogP contribution is -2.57. The molecular formula is C18H36IN5O2S. The van der Waals surface area contributed by atoms with Crippen LogP contribution in [0.15, 0.2) is 4.99 Å². The molecule has 0 aromatic carbocycles. The Morgan fingerprint density at radius 3 is 2.22 bits per heavy atom. The summed E-state index contributed by atoms with van der Waals surface area (Å²) in [4.78, 5) is 6.99. The third kappa shape index (κ3) is 6.17. The highest BCUT2D eigenvalue weighted by atomic mass is 127. The Morgan fingerprint density at radius 1 is 1.11 bits per heavy atom. The zero-order valence-electron chi connectivity index (χ0n) is 16.9. The van der Waals surface area contributed by atoms with E-state index in [1.165, 1.54) is 38.4 Å². The molecular weight excluding hydrogens is 477 g/mol. The number of guanidine groups is 1. The van der Waals surface area contributed by atoms with Crippen LogP contribution in [-0.2, 0) is 10.0 Å². The molecule has 0 amide bonds. The number of piperidine rings is 3. The van der Waals surface area contributed by atoms with Gasteiger partial charge in [-0.25, -0.2) is 12.7 Å². The van der Waals surface area contributed by atoms with Crippen LogP contribution < -0.4 is 10.6 Å². The van der Waals surface area contributed by atoms with Crippen molar-refractivity contribution in [2.45, 2.75) is 63.1 Å². The molecule has 3 heterocycles. The number of nitrogens with one attached hydrogen (secondary N) is 2. The molecule has 0 aliphatic carbocycles. The highest BCUT2D eigenvalue weighted by molar-refractivity contribution is 14.0. The van der Waals surface area contributed by atoms with Crippen LogP contribution in [0, 0.1) is 5.92 Å². The van der Waals surface area contributed by atoms with Crippen molar-refractivity contribution in [2.24, 2.45) is 10.9 Å². The Bertz CT molecular complexity index is 593. The minimum absolute atomic E-state index is 0. The van der Waals surface area contributed by atoms with E-state index in [0.717, 1.165) is 25.3 Å². The van der Waals surface area contributed by atoms with Gasteiger partial charge in [0.05, 0.1) is 6.26 Å². The fourth-order valence-electron chi connectivity index (χ4n) is 4.81. The number of hydrogen-bond donors (Lipinski definition) is 2. The SMILES string of the molecule is CN=C(NCC1CCN(S(C)(=O)=O)CC1)NC1CC2CCCC(C1)N2C.I. The summed E-state index contributed by atoms with van der Waals surface area (Å²) in [5, 5.41) is 7.11. The average Bonchev–Trinajstić information content (AvgIpc) is 2.59. The summed E-state index contributed by atoms with van der Waals surface area (Å²) in [6.45, 7) is 2.13. The predicted octanol–water partition coefficient (Wildman–Crippen LogP) is 1.46. The number of halogens is 1. The van der Waals surface area contributed by atoms with Crippen LogP contribution in [0.1, 0.15) is 44.9 Å². The standard InChI is InChI=1S/C18H35N5O2S.HI/c1-19-18(20-13-14-7-9-23(10-8-14)26(3,24)25)21-15-11-16-5-4-6-17(12-15)22(16)2;/h14-17H,4-13H2,1-3H3,(H2,19,20,21);1H. The Kier molecular flexibility index (Phi) is 8.63. The molecule has 2 unspecified atom stereocenters. The van der Waals surface area contributed by atoms with E-state index in [0.29, 0.717) is 37.1 Å². The van der Waals surface area contributed by atoms with Crippen LogP contribution in [0.5, 0.6) is 0 Å². The minimum Gasteiger partial charge on any atom is -0.356 e. The molecule has 2 atom stereocenters. The first-order valence-corrected chi connectivity index (χ1v) is 11.9. The van der Waals surface area contributed by atoms with Gasteiger partial charge >= 0.3 is 0 Å². The lowest BCUT2D eigenvalue weighted by atomic mass is 9.82. The van der Waals surface area contributed by atoms with E-state index < -0.39 is 10.0 Å². The molecule has 3 saturated heterocycles. The molecule has 3 aliphatic heterocycles. The predicted molar refractivity (Wildman–Crippen MR) is 121 cm³/mol. The van der Waals surface area contributed by atoms with Crippen LogP contribution in [0.3, 0.4) is 0 Å². The van der Waals surface area contributed by atoms with Crippen molar-refractivity contribution in [3.8, 4) is 0 Å². The van der Waals surface area contributed by atoms with Gasteiger partial charge in [-0.15, -0.1) is 24.0 Å². The molecule has 0 spiro atoms. The molecule has 3 fully saturated rings. The molecule has 0 aromatic rings. The van der Waals surface area contributed by atoms with Crippen molar-refractivity contribution in [1.82, 2.24) is 19.8 Å². The smallest absolute Gasteiger partial charge is 0.211 e. The monoisotopic (exact) mass is 513 g/mol. The largest absolute Gasteiger partial charge is 0.356 e. The first kappa shape index (κ1) is 23.2. The molecule has 2 bridgehead atoms. The second-order valence-electron chi connectivity index (χ2n) is 8.28. The zero-order valence-corrected chi connectivity index (χ0v) is 20.0. The van der Waals surface area contributed by atoms with Crippen molar-refractivity contribution < 1.29 is 8.42 Å². The topological polar surface area (TPSA) is 77.0 Å². The van der Waals surface area contributed by atoms with Crippen LogP contribution in [0.25, 0.3) is 0 Å². The number of nitrogens with zero attached hydrogens (tertiary/aromatic N) is 3. The lowest BCUT2D eigenvalue weighted by molar-refractivity contribution is 0.0526. The molecule has 2 N–H and O–H groups in total. The van der Waals surface area contributed by atoms with Crippen LogP contribution >= 0.6 is 24.0 Å². The van der Waals surface area contributed by atoms with E-state index in [1.807, 2.05) is 7.05 Å². The van der Waals surface area contributed by atoms with E-state index in [2.05, 4.69) is 27.6 Å². The maximum Gasteiger partial charge on any atom is 0.211 e. The summed E-state index contributed by atoms with van der Waals surface area (Å²) in [5.41, 5.74) is 0. The highest BCUT2D eigenvalue weighted by Gasteiger charge is 2.36. The van der Waals surface area contributed by atoms with Crippen molar-refractivity contribution >= 4 is 40.0 Å². The molecule has 0 aromatic heterocycles. The average molecular weight is 513 g/mol. The van der Waals surface area contributed by atoms with Gasteiger partial charge in [-0.3, -0.25) is 4.99 Å². The van der Waals surface area contributed by atoms with Gasteiger partial charge in [0.2, 0.25) is 10.0 Å². The van der Waals surface area contributed by atoms with E-state index in [1.54, 1.807) is 4.31 Å². The maximum atomic E-state index is 11.6. The molecule has 3 aliphatic rings. The minimum atomic E-state index is -3.04. The van der Waals surface area contributed by atoms with Gasteiger partial charge in [0.1, 0.15) is 0 Å². The van der Waals surface area contributed by atoms with Crippen LogP contribution in [0.4, 0.5) is 0 Å². The van der Waals surface area contributed by atoms with Gasteiger partial charge in [-0.2, -0.15) is 0 Å². The zero-order chi connectivity index (χ0) is 18.7. The highest BCUT2D eigenvalue weighted by Crippen LogP contribution is 2.32. The third-order valence-corrected chi connectivity index (χ3v) is 7.81. The summed E-state index contributed by atoms with van der Waals surface area (Å²) < 4.78 is 24.8. The molecule has 9 heteroatoms. The van der Waals surface area contributed by atoms with Gasteiger partial charge in [0.15, 0.2) is 5.96 Å². The number of sulfonamides is 1. The molecule has 27 heavy (non-hydrogen) atoms. The van der Waals surface area contributed by atoms with Gasteiger partial charge < -0.3 is 15.5 Å². The summed E-state index contributed by atoms with van der Waals surface area (Å²) >= 11 is 0. The van der Waals surface area contributed by atoms with E-state index in [4.69, 9.17) is 0 Å². The molecule has 158 valence electrons. The Labute approximate surface area is 181 Å². The molecule has 0 radical (unpaired) electrons. The summed E-state index contributed by atoms with van der Waals surface area (Å²) in [5.74, 6) is 1.39. The molecule has 7 nitrogen and oxygen atoms in total. The second kappa shape index (κ2) is 10.1. The first-order chi connectivity index (χ1) is 12.4. The molecule has 0 saturated carbocycles. The number of hydrogen-bond acceptors (Lipinski definition) is 4. The van der Waals surface area contributed by atoms with Crippen LogP contribution in [-0.4, -0.2) is 81.7 Å². The van der Waals surface area contributed by atoms with Crippen molar-refractivity contribution in [2.75, 3.05) is 40.0 Å². The Balaban J connectivity index is 0.00000261. The van der Waals surface area contributed by atoms with Crippen LogP contribution in [0.2, 0.25) is 0 Å². The maximum absolute atomic E-state index is 11.6. The van der Waals surface area contributed by atoms with E-state index in [-0.39, 0.29) is 24.0 Å². The van der Waals surface area contributed by atoms with Gasteiger partial charge in [-0.1, -0.05) is 6.42 Å².